The van der Waals surface area contributed by atoms with Gasteiger partial charge in [0.2, 0.25) is 0 Å². The van der Waals surface area contributed by atoms with E-state index in [0.717, 1.165) is 49.0 Å². The van der Waals surface area contributed by atoms with E-state index in [1.165, 1.54) is 25.0 Å². The van der Waals surface area contributed by atoms with E-state index < -0.39 is 0 Å². The lowest BCUT2D eigenvalue weighted by Gasteiger charge is -2.16. The second-order valence-corrected chi connectivity index (χ2v) is 8.93. The standard InChI is InChI=1S/C22H29N5O/c1-13(2)27-19(20-15-6-5-7-16(15)20)11-18(25-27)14-10-17(21(23)24-12-14)22(28)26-8-3-4-9-26/h10-13,15-16,20H,3-9H2,1-2H3,(H2,23,24)/t15-,16+,20+. The van der Waals surface area contributed by atoms with Crippen molar-refractivity contribution in [2.45, 2.75) is 57.9 Å². The molecule has 0 spiro atoms. The average molecular weight is 380 g/mol. The molecule has 2 aliphatic carbocycles. The smallest absolute Gasteiger partial charge is 0.257 e. The van der Waals surface area contributed by atoms with E-state index in [1.54, 1.807) is 6.20 Å². The summed E-state index contributed by atoms with van der Waals surface area (Å²) in [4.78, 5) is 19.1. The Bertz CT molecular complexity index is 902. The summed E-state index contributed by atoms with van der Waals surface area (Å²) in [7, 11) is 0. The van der Waals surface area contributed by atoms with Crippen molar-refractivity contribution in [3.05, 3.63) is 29.6 Å². The van der Waals surface area contributed by atoms with E-state index in [0.29, 0.717) is 23.3 Å². The van der Waals surface area contributed by atoms with Gasteiger partial charge in [0.1, 0.15) is 5.82 Å². The first kappa shape index (κ1) is 17.7. The molecule has 0 unspecified atom stereocenters. The topological polar surface area (TPSA) is 77.0 Å². The van der Waals surface area contributed by atoms with Gasteiger partial charge in [-0.05, 0) is 63.5 Å². The third kappa shape index (κ3) is 2.81. The first-order chi connectivity index (χ1) is 13.5. The van der Waals surface area contributed by atoms with Crippen molar-refractivity contribution in [3.8, 4) is 11.3 Å². The molecule has 2 saturated carbocycles. The number of anilines is 1. The fraction of sp³-hybridized carbons (Fsp3) is 0.591. The fourth-order valence-electron chi connectivity index (χ4n) is 5.35. The quantitative estimate of drug-likeness (QED) is 0.875. The Hall–Kier alpha value is -2.37. The van der Waals surface area contributed by atoms with Crippen LogP contribution in [0.25, 0.3) is 11.3 Å². The van der Waals surface area contributed by atoms with Crippen LogP contribution in [0.1, 0.15) is 74.0 Å². The molecule has 1 aliphatic heterocycles. The van der Waals surface area contributed by atoms with Crippen LogP contribution in [0.4, 0.5) is 5.82 Å². The SMILES string of the molecule is CC(C)n1nc(-c2cnc(N)c(C(=O)N3CCCC3)c2)cc1[C@H]1[C@@H]2CCC[C@@H]21. The Kier molecular flexibility index (Phi) is 4.18. The van der Waals surface area contributed by atoms with Gasteiger partial charge in [-0.15, -0.1) is 0 Å². The fourth-order valence-corrected chi connectivity index (χ4v) is 5.35. The number of hydrogen-bond donors (Lipinski definition) is 1. The van der Waals surface area contributed by atoms with Crippen LogP contribution in [0, 0.1) is 11.8 Å². The maximum atomic E-state index is 12.9. The molecule has 6 heteroatoms. The number of likely N-dealkylation sites (tertiary alicyclic amines) is 1. The largest absolute Gasteiger partial charge is 0.383 e. The molecule has 2 aromatic heterocycles. The van der Waals surface area contributed by atoms with Gasteiger partial charge in [-0.25, -0.2) is 4.98 Å². The number of nitrogen functional groups attached to an aromatic ring is 1. The van der Waals surface area contributed by atoms with Gasteiger partial charge in [0, 0.05) is 42.5 Å². The van der Waals surface area contributed by atoms with Crippen LogP contribution < -0.4 is 5.73 Å². The first-order valence-corrected chi connectivity index (χ1v) is 10.7. The van der Waals surface area contributed by atoms with E-state index in [9.17, 15) is 4.79 Å². The van der Waals surface area contributed by atoms with Crippen molar-refractivity contribution in [3.63, 3.8) is 0 Å². The van der Waals surface area contributed by atoms with Crippen molar-refractivity contribution >= 4 is 11.7 Å². The summed E-state index contributed by atoms with van der Waals surface area (Å²) in [6, 6.07) is 4.42. The van der Waals surface area contributed by atoms with E-state index in [1.807, 2.05) is 11.0 Å². The highest BCUT2D eigenvalue weighted by Crippen LogP contribution is 2.63. The molecular formula is C22H29N5O. The normalized spacial score (nSPS) is 26.1. The summed E-state index contributed by atoms with van der Waals surface area (Å²) in [6.45, 7) is 5.97. The maximum Gasteiger partial charge on any atom is 0.257 e. The van der Waals surface area contributed by atoms with Crippen LogP contribution in [0.5, 0.6) is 0 Å². The molecule has 3 heterocycles. The minimum absolute atomic E-state index is 0.00964. The third-order valence-electron chi connectivity index (χ3n) is 6.84. The van der Waals surface area contributed by atoms with Crippen molar-refractivity contribution in [1.82, 2.24) is 19.7 Å². The molecule has 2 aromatic rings. The van der Waals surface area contributed by atoms with Gasteiger partial charge in [0.25, 0.3) is 5.91 Å². The minimum atomic E-state index is -0.00964. The first-order valence-electron chi connectivity index (χ1n) is 10.7. The van der Waals surface area contributed by atoms with Crippen LogP contribution in [0.2, 0.25) is 0 Å². The number of rotatable bonds is 4. The van der Waals surface area contributed by atoms with Crippen LogP contribution in [0.15, 0.2) is 18.3 Å². The van der Waals surface area contributed by atoms with Gasteiger partial charge in [0.05, 0.1) is 11.3 Å². The number of amides is 1. The molecular weight excluding hydrogens is 350 g/mol. The van der Waals surface area contributed by atoms with Gasteiger partial charge < -0.3 is 10.6 Å². The van der Waals surface area contributed by atoms with E-state index >= 15 is 0 Å². The monoisotopic (exact) mass is 379 g/mol. The molecule has 0 radical (unpaired) electrons. The number of nitrogens with two attached hydrogens (primary N) is 1. The Morgan fingerprint density at radius 2 is 1.86 bits per heavy atom. The molecule has 0 bridgehead atoms. The number of carbonyl (C=O) groups excluding carboxylic acids is 1. The van der Waals surface area contributed by atoms with Crippen molar-refractivity contribution in [2.24, 2.45) is 11.8 Å². The van der Waals surface area contributed by atoms with Gasteiger partial charge in [-0.1, -0.05) is 6.42 Å². The minimum Gasteiger partial charge on any atom is -0.383 e. The average Bonchev–Trinajstić information content (AvgIpc) is 3.22. The number of carbonyl (C=O) groups is 1. The van der Waals surface area contributed by atoms with Gasteiger partial charge >= 0.3 is 0 Å². The molecule has 3 atom stereocenters. The highest BCUT2D eigenvalue weighted by atomic mass is 16.2. The van der Waals surface area contributed by atoms with Gasteiger partial charge in [-0.2, -0.15) is 5.10 Å². The number of hydrogen-bond acceptors (Lipinski definition) is 4. The Morgan fingerprint density at radius 3 is 2.54 bits per heavy atom. The predicted octanol–water partition coefficient (Wildman–Crippen LogP) is 3.86. The Labute approximate surface area is 166 Å². The second-order valence-electron chi connectivity index (χ2n) is 8.93. The van der Waals surface area contributed by atoms with Crippen molar-refractivity contribution in [2.75, 3.05) is 18.8 Å². The van der Waals surface area contributed by atoms with Crippen LogP contribution >= 0.6 is 0 Å². The van der Waals surface area contributed by atoms with Crippen LogP contribution in [-0.2, 0) is 0 Å². The third-order valence-corrected chi connectivity index (χ3v) is 6.84. The molecule has 0 aromatic carbocycles. The summed E-state index contributed by atoms with van der Waals surface area (Å²) >= 11 is 0. The molecule has 2 N–H and O–H groups in total. The number of nitrogens with zero attached hydrogens (tertiary/aromatic N) is 4. The highest BCUT2D eigenvalue weighted by molar-refractivity contribution is 5.99. The van der Waals surface area contributed by atoms with Crippen molar-refractivity contribution < 1.29 is 4.79 Å². The molecule has 1 amide bonds. The second kappa shape index (κ2) is 6.61. The molecule has 28 heavy (non-hydrogen) atoms. The lowest BCUT2D eigenvalue weighted by Crippen LogP contribution is -2.28. The van der Waals surface area contributed by atoms with E-state index in [4.69, 9.17) is 10.8 Å². The summed E-state index contributed by atoms with van der Waals surface area (Å²) in [5.41, 5.74) is 9.69. The number of fused-ring (bicyclic) bond motifs is 1. The maximum absolute atomic E-state index is 12.9. The highest BCUT2D eigenvalue weighted by Gasteiger charge is 2.54. The molecule has 148 valence electrons. The predicted molar refractivity (Wildman–Crippen MR) is 109 cm³/mol. The Balaban J connectivity index is 1.49. The summed E-state index contributed by atoms with van der Waals surface area (Å²) in [6.07, 6.45) is 7.95. The summed E-state index contributed by atoms with van der Waals surface area (Å²) < 4.78 is 2.18. The van der Waals surface area contributed by atoms with E-state index in [2.05, 4.69) is 29.6 Å². The zero-order valence-electron chi connectivity index (χ0n) is 16.8. The zero-order chi connectivity index (χ0) is 19.4. The molecule has 1 saturated heterocycles. The van der Waals surface area contributed by atoms with Crippen LogP contribution in [-0.4, -0.2) is 38.7 Å². The number of aromatic nitrogens is 3. The molecule has 3 fully saturated rings. The zero-order valence-corrected chi connectivity index (χ0v) is 16.8. The summed E-state index contributed by atoms with van der Waals surface area (Å²) in [5, 5.41) is 4.91. The Morgan fingerprint density at radius 1 is 1.14 bits per heavy atom. The summed E-state index contributed by atoms with van der Waals surface area (Å²) in [5.74, 6) is 2.65. The molecule has 3 aliphatic rings. The van der Waals surface area contributed by atoms with Crippen molar-refractivity contribution in [1.29, 1.82) is 0 Å². The van der Waals surface area contributed by atoms with Gasteiger partial charge in [-0.3, -0.25) is 9.48 Å². The lowest BCUT2D eigenvalue weighted by atomic mass is 10.1. The molecule has 6 nitrogen and oxygen atoms in total. The molecule has 5 rings (SSSR count). The van der Waals surface area contributed by atoms with E-state index in [-0.39, 0.29) is 5.91 Å². The van der Waals surface area contributed by atoms with Crippen LogP contribution in [0.3, 0.4) is 0 Å². The lowest BCUT2D eigenvalue weighted by molar-refractivity contribution is 0.0793. The van der Waals surface area contributed by atoms with Gasteiger partial charge in [0.15, 0.2) is 0 Å². The number of pyridine rings is 1.